The van der Waals surface area contributed by atoms with Crippen molar-refractivity contribution in [1.29, 1.82) is 0 Å². The highest BCUT2D eigenvalue weighted by molar-refractivity contribution is 9.10. The van der Waals surface area contributed by atoms with Gasteiger partial charge in [-0.1, -0.05) is 83.0 Å². The summed E-state index contributed by atoms with van der Waals surface area (Å²) in [7, 11) is -4.15. The Morgan fingerprint density at radius 1 is 0.889 bits per heavy atom. The molecule has 0 bridgehead atoms. The number of nitrogens with zero attached hydrogens (tertiary/aromatic N) is 2. The van der Waals surface area contributed by atoms with Crippen molar-refractivity contribution in [3.05, 3.63) is 124 Å². The molecule has 0 heterocycles. The third-order valence-corrected chi connectivity index (χ3v) is 10.3. The molecule has 0 radical (unpaired) electrons. The molecule has 4 rings (SSSR count). The van der Waals surface area contributed by atoms with Crippen LogP contribution in [0.5, 0.6) is 0 Å². The molecule has 0 aromatic heterocycles. The van der Waals surface area contributed by atoms with E-state index in [2.05, 4.69) is 21.2 Å². The number of rotatable bonds is 14. The van der Waals surface area contributed by atoms with Crippen LogP contribution in [0.25, 0.3) is 0 Å². The summed E-state index contributed by atoms with van der Waals surface area (Å²) in [5, 5.41) is 2.97. The lowest BCUT2D eigenvalue weighted by Gasteiger charge is -2.34. The van der Waals surface area contributed by atoms with Crippen molar-refractivity contribution in [2.24, 2.45) is 0 Å². The van der Waals surface area contributed by atoms with Crippen molar-refractivity contribution >= 4 is 55.2 Å². The average molecular weight is 709 g/mol. The third-order valence-electron chi connectivity index (χ3n) is 7.31. The van der Waals surface area contributed by atoms with E-state index in [-0.39, 0.29) is 23.8 Å². The van der Waals surface area contributed by atoms with Crippen LogP contribution < -0.4 is 9.62 Å². The molecule has 0 unspecified atom stereocenters. The topological polar surface area (TPSA) is 86.8 Å². The maximum Gasteiger partial charge on any atom is 0.264 e. The average Bonchev–Trinajstić information content (AvgIpc) is 3.05. The van der Waals surface area contributed by atoms with Crippen molar-refractivity contribution in [3.63, 3.8) is 0 Å². The van der Waals surface area contributed by atoms with Crippen molar-refractivity contribution in [2.45, 2.75) is 49.1 Å². The second-order valence-electron chi connectivity index (χ2n) is 10.7. The van der Waals surface area contributed by atoms with E-state index in [1.165, 1.54) is 16.7 Å². The molecule has 0 spiro atoms. The standard InChI is InChI=1S/C35H38BrN3O4S2/c1-4-21-37-35(41)33(23-27-9-6-5-7-10-27)38(24-28-11-8-12-29(36)22-28)34(40)25-39(30-15-13-26(2)14-16-30)45(42,43)32-19-17-31(44-3)18-20-32/h5-20,22,33H,4,21,23-25H2,1-3H3,(H,37,41)/t33-/m0/s1. The second kappa shape index (κ2) is 16.1. The summed E-state index contributed by atoms with van der Waals surface area (Å²) in [5.41, 5.74) is 3.01. The lowest BCUT2D eigenvalue weighted by Crippen LogP contribution is -2.53. The number of amides is 2. The Bertz CT molecular complexity index is 1680. The number of carbonyl (C=O) groups is 2. The maximum atomic E-state index is 14.5. The van der Waals surface area contributed by atoms with E-state index < -0.39 is 28.5 Å². The van der Waals surface area contributed by atoms with E-state index in [0.29, 0.717) is 12.2 Å². The molecule has 4 aromatic rings. The van der Waals surface area contributed by atoms with Gasteiger partial charge in [0.2, 0.25) is 11.8 Å². The van der Waals surface area contributed by atoms with Gasteiger partial charge in [-0.15, -0.1) is 11.8 Å². The number of benzene rings is 4. The fraction of sp³-hybridized carbons (Fsp3) is 0.257. The normalized spacial score (nSPS) is 11.9. The molecule has 45 heavy (non-hydrogen) atoms. The van der Waals surface area contributed by atoms with E-state index in [1.807, 2.05) is 86.8 Å². The van der Waals surface area contributed by atoms with Crippen molar-refractivity contribution in [2.75, 3.05) is 23.7 Å². The quantitative estimate of drug-likeness (QED) is 0.145. The Labute approximate surface area is 279 Å². The Balaban J connectivity index is 1.79. The van der Waals surface area contributed by atoms with Crippen LogP contribution in [0.15, 0.2) is 117 Å². The number of hydrogen-bond donors (Lipinski definition) is 1. The van der Waals surface area contributed by atoms with Crippen molar-refractivity contribution in [3.8, 4) is 0 Å². The van der Waals surface area contributed by atoms with Crippen LogP contribution in [0.2, 0.25) is 0 Å². The molecule has 236 valence electrons. The first-order valence-electron chi connectivity index (χ1n) is 14.7. The highest BCUT2D eigenvalue weighted by atomic mass is 79.9. The first-order valence-corrected chi connectivity index (χ1v) is 18.2. The molecule has 7 nitrogen and oxygen atoms in total. The smallest absolute Gasteiger partial charge is 0.264 e. The van der Waals surface area contributed by atoms with Gasteiger partial charge in [-0.3, -0.25) is 13.9 Å². The molecule has 10 heteroatoms. The molecule has 0 saturated carbocycles. The van der Waals surface area contributed by atoms with Gasteiger partial charge in [-0.25, -0.2) is 8.42 Å². The minimum Gasteiger partial charge on any atom is -0.354 e. The summed E-state index contributed by atoms with van der Waals surface area (Å²) in [6.45, 7) is 3.96. The molecule has 1 atom stereocenters. The minimum atomic E-state index is -4.15. The van der Waals surface area contributed by atoms with Crippen LogP contribution in [-0.2, 0) is 32.6 Å². The lowest BCUT2D eigenvalue weighted by molar-refractivity contribution is -0.140. The minimum absolute atomic E-state index is 0.0775. The molecule has 4 aromatic carbocycles. The number of sulfonamides is 1. The number of hydrogen-bond acceptors (Lipinski definition) is 5. The first kappa shape index (κ1) is 34.3. The van der Waals surface area contributed by atoms with Crippen LogP contribution in [0, 0.1) is 6.92 Å². The summed E-state index contributed by atoms with van der Waals surface area (Å²) < 4.78 is 30.3. The fourth-order valence-corrected chi connectivity index (χ4v) is 7.14. The van der Waals surface area contributed by atoms with Gasteiger partial charge in [0.05, 0.1) is 10.6 Å². The fourth-order valence-electron chi connectivity index (χ4n) is 4.87. The lowest BCUT2D eigenvalue weighted by atomic mass is 10.0. The summed E-state index contributed by atoms with van der Waals surface area (Å²) in [5.74, 6) is -0.783. The van der Waals surface area contributed by atoms with Crippen LogP contribution in [0.1, 0.15) is 30.0 Å². The Morgan fingerprint density at radius 3 is 2.18 bits per heavy atom. The Kier molecular flexibility index (Phi) is 12.3. The number of nitrogens with one attached hydrogen (secondary N) is 1. The third kappa shape index (κ3) is 9.22. The van der Waals surface area contributed by atoms with Crippen LogP contribution in [0.3, 0.4) is 0 Å². The van der Waals surface area contributed by atoms with Gasteiger partial charge < -0.3 is 10.2 Å². The Hall–Kier alpha value is -3.60. The van der Waals surface area contributed by atoms with Crippen molar-refractivity contribution in [1.82, 2.24) is 10.2 Å². The number of thioether (sulfide) groups is 1. The molecule has 2 amide bonds. The maximum absolute atomic E-state index is 14.5. The monoisotopic (exact) mass is 707 g/mol. The zero-order valence-corrected chi connectivity index (χ0v) is 28.9. The van der Waals surface area contributed by atoms with Gasteiger partial charge in [-0.05, 0) is 79.3 Å². The van der Waals surface area contributed by atoms with E-state index >= 15 is 0 Å². The zero-order valence-electron chi connectivity index (χ0n) is 25.6. The number of carbonyl (C=O) groups excluding carboxylic acids is 2. The van der Waals surface area contributed by atoms with Crippen LogP contribution in [-0.4, -0.2) is 50.5 Å². The van der Waals surface area contributed by atoms with E-state index in [1.54, 1.807) is 36.4 Å². The molecule has 0 saturated heterocycles. The van der Waals surface area contributed by atoms with Gasteiger partial charge in [0.1, 0.15) is 12.6 Å². The van der Waals surface area contributed by atoms with Gasteiger partial charge in [-0.2, -0.15) is 0 Å². The highest BCUT2D eigenvalue weighted by Gasteiger charge is 2.34. The molecule has 0 aliphatic heterocycles. The molecule has 0 aliphatic carbocycles. The molecule has 0 fully saturated rings. The number of aryl methyl sites for hydroxylation is 1. The van der Waals surface area contributed by atoms with Crippen LogP contribution in [0.4, 0.5) is 5.69 Å². The second-order valence-corrected chi connectivity index (χ2v) is 14.3. The van der Waals surface area contributed by atoms with E-state index in [4.69, 9.17) is 0 Å². The molecule has 0 aliphatic rings. The largest absolute Gasteiger partial charge is 0.354 e. The predicted octanol–water partition coefficient (Wildman–Crippen LogP) is 6.84. The highest BCUT2D eigenvalue weighted by Crippen LogP contribution is 2.27. The van der Waals surface area contributed by atoms with E-state index in [9.17, 15) is 18.0 Å². The van der Waals surface area contributed by atoms with Gasteiger partial charge in [0.25, 0.3) is 10.0 Å². The molecular formula is C35H38BrN3O4S2. The van der Waals surface area contributed by atoms with Gasteiger partial charge >= 0.3 is 0 Å². The summed E-state index contributed by atoms with van der Waals surface area (Å²) in [6, 6.07) is 29.8. The summed E-state index contributed by atoms with van der Waals surface area (Å²) in [4.78, 5) is 30.7. The van der Waals surface area contributed by atoms with Gasteiger partial charge in [0.15, 0.2) is 0 Å². The summed E-state index contributed by atoms with van der Waals surface area (Å²) in [6.07, 6.45) is 2.92. The number of halogens is 1. The number of anilines is 1. The van der Waals surface area contributed by atoms with Crippen LogP contribution >= 0.6 is 27.7 Å². The SMILES string of the molecule is CCCNC(=O)[C@H](Cc1ccccc1)N(Cc1cccc(Br)c1)C(=O)CN(c1ccc(C)cc1)S(=O)(=O)c1ccc(SC)cc1. The van der Waals surface area contributed by atoms with Crippen molar-refractivity contribution < 1.29 is 18.0 Å². The molecule has 1 N–H and O–H groups in total. The Morgan fingerprint density at radius 2 is 1.56 bits per heavy atom. The first-order chi connectivity index (χ1) is 21.6. The predicted molar refractivity (Wildman–Crippen MR) is 186 cm³/mol. The zero-order chi connectivity index (χ0) is 32.4. The van der Waals surface area contributed by atoms with E-state index in [0.717, 1.165) is 36.8 Å². The molecular weight excluding hydrogens is 670 g/mol. The van der Waals surface area contributed by atoms with Gasteiger partial charge in [0, 0.05) is 28.9 Å². The summed E-state index contributed by atoms with van der Waals surface area (Å²) >= 11 is 5.02.